The second kappa shape index (κ2) is 9.87. The van der Waals surface area contributed by atoms with E-state index in [1.807, 2.05) is 61.5 Å². The summed E-state index contributed by atoms with van der Waals surface area (Å²) in [5.74, 6) is 0.736. The van der Waals surface area contributed by atoms with Gasteiger partial charge >= 0.3 is 0 Å². The Kier molecular flexibility index (Phi) is 8.16. The fourth-order valence-electron chi connectivity index (χ4n) is 2.23. The molecule has 1 atom stereocenters. The van der Waals surface area contributed by atoms with Gasteiger partial charge in [-0.05, 0) is 18.6 Å². The molecule has 0 aliphatic rings. The van der Waals surface area contributed by atoms with Crippen LogP contribution in [0.25, 0.3) is 0 Å². The molecular weight excluding hydrogens is 312 g/mol. The molecule has 0 saturated carbocycles. The molecule has 0 fully saturated rings. The van der Waals surface area contributed by atoms with Crippen molar-refractivity contribution in [2.45, 2.75) is 25.9 Å². The molecule has 1 amide bonds. The number of halogens is 1. The first-order valence-electron chi connectivity index (χ1n) is 7.48. The lowest BCUT2D eigenvalue weighted by Crippen LogP contribution is -2.27. The zero-order chi connectivity index (χ0) is 15.8. The van der Waals surface area contributed by atoms with Gasteiger partial charge in [0.15, 0.2) is 0 Å². The number of amides is 1. The highest BCUT2D eigenvalue weighted by Gasteiger charge is 2.12. The van der Waals surface area contributed by atoms with Gasteiger partial charge in [-0.2, -0.15) is 0 Å². The molecule has 0 saturated heterocycles. The second-order valence-electron chi connectivity index (χ2n) is 5.04. The van der Waals surface area contributed by atoms with Crippen LogP contribution in [0.3, 0.4) is 0 Å². The smallest absolute Gasteiger partial charge is 0.222 e. The summed E-state index contributed by atoms with van der Waals surface area (Å²) in [5, 5.41) is 2.90. The molecule has 1 unspecified atom stereocenters. The average Bonchev–Trinajstić information content (AvgIpc) is 2.55. The Morgan fingerprint density at radius 3 is 2.48 bits per heavy atom. The van der Waals surface area contributed by atoms with Crippen LogP contribution >= 0.6 is 12.4 Å². The lowest BCUT2D eigenvalue weighted by molar-refractivity contribution is -0.121. The Morgan fingerprint density at radius 2 is 1.78 bits per heavy atom. The number of hydrogen-bond donors (Lipinski definition) is 2. The summed E-state index contributed by atoms with van der Waals surface area (Å²) >= 11 is 0. The third-order valence-electron chi connectivity index (χ3n) is 3.38. The summed E-state index contributed by atoms with van der Waals surface area (Å²) in [6.07, 6.45) is 0.265. The number of rotatable bonds is 7. The molecule has 2 aromatic carbocycles. The van der Waals surface area contributed by atoms with Gasteiger partial charge in [0.2, 0.25) is 5.91 Å². The van der Waals surface area contributed by atoms with Crippen LogP contribution in [0.15, 0.2) is 54.6 Å². The summed E-state index contributed by atoms with van der Waals surface area (Å²) in [7, 11) is 0. The van der Waals surface area contributed by atoms with Crippen molar-refractivity contribution >= 4 is 18.3 Å². The third-order valence-corrected chi connectivity index (χ3v) is 3.38. The van der Waals surface area contributed by atoms with Crippen molar-refractivity contribution < 1.29 is 9.53 Å². The third kappa shape index (κ3) is 5.93. The monoisotopic (exact) mass is 334 g/mol. The standard InChI is InChI=1S/C18H22N2O2.ClH/c1-2-22-17-11-7-6-10-15(17)13-20-18(21)12-16(19)14-8-4-3-5-9-14;/h3-11,16H,2,12-13,19H2,1H3,(H,20,21);1H. The maximum Gasteiger partial charge on any atom is 0.222 e. The van der Waals surface area contributed by atoms with E-state index in [1.165, 1.54) is 0 Å². The molecule has 4 nitrogen and oxygen atoms in total. The second-order valence-corrected chi connectivity index (χ2v) is 5.04. The lowest BCUT2D eigenvalue weighted by Gasteiger charge is -2.13. The molecule has 0 radical (unpaired) electrons. The van der Waals surface area contributed by atoms with Crippen LogP contribution in [0.5, 0.6) is 5.75 Å². The van der Waals surface area contributed by atoms with Crippen LogP contribution in [0.1, 0.15) is 30.5 Å². The van der Waals surface area contributed by atoms with Crippen molar-refractivity contribution in [3.8, 4) is 5.75 Å². The molecule has 0 aliphatic heterocycles. The van der Waals surface area contributed by atoms with Crippen LogP contribution in [-0.4, -0.2) is 12.5 Å². The van der Waals surface area contributed by atoms with Crippen LogP contribution in [0.4, 0.5) is 0 Å². The molecule has 3 N–H and O–H groups in total. The van der Waals surface area contributed by atoms with Gasteiger partial charge in [0.25, 0.3) is 0 Å². The number of nitrogens with two attached hydrogens (primary N) is 1. The Hall–Kier alpha value is -2.04. The largest absolute Gasteiger partial charge is 0.494 e. The molecule has 2 rings (SSSR count). The molecule has 124 valence electrons. The van der Waals surface area contributed by atoms with E-state index in [0.29, 0.717) is 13.2 Å². The van der Waals surface area contributed by atoms with Crippen molar-refractivity contribution in [3.63, 3.8) is 0 Å². The van der Waals surface area contributed by atoms with E-state index in [4.69, 9.17) is 10.5 Å². The molecule has 2 aromatic rings. The lowest BCUT2D eigenvalue weighted by atomic mass is 10.0. The summed E-state index contributed by atoms with van der Waals surface area (Å²) in [6, 6.07) is 17.1. The van der Waals surface area contributed by atoms with Crippen molar-refractivity contribution in [2.24, 2.45) is 5.73 Å². The van der Waals surface area contributed by atoms with Gasteiger partial charge in [0.1, 0.15) is 5.75 Å². The van der Waals surface area contributed by atoms with Gasteiger partial charge in [-0.1, -0.05) is 48.5 Å². The van der Waals surface area contributed by atoms with E-state index in [9.17, 15) is 4.79 Å². The summed E-state index contributed by atoms with van der Waals surface area (Å²) in [6.45, 7) is 2.98. The first-order chi connectivity index (χ1) is 10.7. The molecule has 0 aromatic heterocycles. The molecule has 0 spiro atoms. The summed E-state index contributed by atoms with van der Waals surface area (Å²) in [5.41, 5.74) is 7.99. The number of para-hydroxylation sites is 1. The highest BCUT2D eigenvalue weighted by Crippen LogP contribution is 2.18. The SMILES string of the molecule is CCOc1ccccc1CNC(=O)CC(N)c1ccccc1.Cl. The molecular formula is C18H23ClN2O2. The highest BCUT2D eigenvalue weighted by atomic mass is 35.5. The predicted octanol–water partition coefficient (Wildman–Crippen LogP) is 3.21. The Balaban J connectivity index is 0.00000264. The fraction of sp³-hybridized carbons (Fsp3) is 0.278. The minimum atomic E-state index is -0.289. The van der Waals surface area contributed by atoms with E-state index in [1.54, 1.807) is 0 Å². The van der Waals surface area contributed by atoms with Crippen LogP contribution in [-0.2, 0) is 11.3 Å². The Bertz CT molecular complexity index is 605. The van der Waals surface area contributed by atoms with Crippen LogP contribution in [0.2, 0.25) is 0 Å². The normalized spacial score (nSPS) is 11.2. The maximum absolute atomic E-state index is 12.0. The number of carbonyl (C=O) groups excluding carboxylic acids is 1. The van der Waals surface area contributed by atoms with Crippen LogP contribution in [0, 0.1) is 0 Å². The van der Waals surface area contributed by atoms with E-state index >= 15 is 0 Å². The van der Waals surface area contributed by atoms with Gasteiger partial charge in [0, 0.05) is 24.6 Å². The molecule has 0 heterocycles. The number of carbonyl (C=O) groups is 1. The highest BCUT2D eigenvalue weighted by molar-refractivity contribution is 5.85. The fourth-order valence-corrected chi connectivity index (χ4v) is 2.23. The first kappa shape index (κ1) is 19.0. The topological polar surface area (TPSA) is 64.3 Å². The quantitative estimate of drug-likeness (QED) is 0.817. The van der Waals surface area contributed by atoms with E-state index < -0.39 is 0 Å². The van der Waals surface area contributed by atoms with Crippen LogP contribution < -0.4 is 15.8 Å². The van der Waals surface area contributed by atoms with Crippen molar-refractivity contribution in [1.82, 2.24) is 5.32 Å². The molecule has 0 aliphatic carbocycles. The van der Waals surface area contributed by atoms with Crippen molar-refractivity contribution in [3.05, 3.63) is 65.7 Å². The first-order valence-corrected chi connectivity index (χ1v) is 7.48. The summed E-state index contributed by atoms with van der Waals surface area (Å²) in [4.78, 5) is 12.0. The van der Waals surface area contributed by atoms with E-state index in [-0.39, 0.29) is 30.8 Å². The van der Waals surface area contributed by atoms with Gasteiger partial charge in [-0.3, -0.25) is 4.79 Å². The number of nitrogens with one attached hydrogen (secondary N) is 1. The number of ether oxygens (including phenoxy) is 1. The Labute approximate surface area is 143 Å². The molecule has 23 heavy (non-hydrogen) atoms. The number of hydrogen-bond acceptors (Lipinski definition) is 3. The predicted molar refractivity (Wildman–Crippen MR) is 94.7 cm³/mol. The minimum absolute atomic E-state index is 0. The maximum atomic E-state index is 12.0. The van der Waals surface area contributed by atoms with Gasteiger partial charge in [0.05, 0.1) is 6.61 Å². The summed E-state index contributed by atoms with van der Waals surface area (Å²) < 4.78 is 5.54. The van der Waals surface area contributed by atoms with Crippen molar-refractivity contribution in [1.29, 1.82) is 0 Å². The van der Waals surface area contributed by atoms with Gasteiger partial charge in [-0.25, -0.2) is 0 Å². The van der Waals surface area contributed by atoms with Gasteiger partial charge < -0.3 is 15.8 Å². The average molecular weight is 335 g/mol. The van der Waals surface area contributed by atoms with E-state index in [0.717, 1.165) is 16.9 Å². The zero-order valence-electron chi connectivity index (χ0n) is 13.2. The zero-order valence-corrected chi connectivity index (χ0v) is 14.0. The van der Waals surface area contributed by atoms with Gasteiger partial charge in [-0.15, -0.1) is 12.4 Å². The molecule has 0 bridgehead atoms. The minimum Gasteiger partial charge on any atom is -0.494 e. The Morgan fingerprint density at radius 1 is 1.13 bits per heavy atom. The van der Waals surface area contributed by atoms with Crippen molar-refractivity contribution in [2.75, 3.05) is 6.61 Å². The molecule has 5 heteroatoms. The number of benzene rings is 2. The van der Waals surface area contributed by atoms with E-state index in [2.05, 4.69) is 5.32 Å².